The van der Waals surface area contributed by atoms with Gasteiger partial charge in [0.15, 0.2) is 0 Å². The van der Waals surface area contributed by atoms with Crippen LogP contribution in [0.5, 0.6) is 0 Å². The molecule has 0 radical (unpaired) electrons. The van der Waals surface area contributed by atoms with Crippen molar-refractivity contribution in [2.24, 2.45) is 5.73 Å². The fourth-order valence-corrected chi connectivity index (χ4v) is 1.99. The SMILES string of the molecule is NC(=O)CC[C@H](NC(=O)c1cc(Cl)c(N)c(Cl)c1)C(=O)O. The van der Waals surface area contributed by atoms with Crippen LogP contribution in [0.2, 0.25) is 10.0 Å². The molecule has 1 aromatic carbocycles. The maximum absolute atomic E-state index is 12.0. The predicted molar refractivity (Wildman–Crippen MR) is 78.2 cm³/mol. The summed E-state index contributed by atoms with van der Waals surface area (Å²) in [6, 6.07) is 1.29. The highest BCUT2D eigenvalue weighted by atomic mass is 35.5. The van der Waals surface area contributed by atoms with E-state index < -0.39 is 23.8 Å². The summed E-state index contributed by atoms with van der Waals surface area (Å²) < 4.78 is 0. The van der Waals surface area contributed by atoms with Crippen LogP contribution in [0.25, 0.3) is 0 Å². The first-order chi connectivity index (χ1) is 9.72. The Labute approximate surface area is 130 Å². The molecule has 1 rings (SSSR count). The minimum Gasteiger partial charge on any atom is -0.480 e. The largest absolute Gasteiger partial charge is 0.480 e. The minimum absolute atomic E-state index is 0.0597. The summed E-state index contributed by atoms with van der Waals surface area (Å²) in [6.07, 6.45) is -0.284. The van der Waals surface area contributed by atoms with E-state index in [0.717, 1.165) is 0 Å². The second-order valence-corrected chi connectivity index (χ2v) is 5.04. The molecule has 9 heteroatoms. The van der Waals surface area contributed by atoms with E-state index in [9.17, 15) is 14.4 Å². The molecule has 0 heterocycles. The van der Waals surface area contributed by atoms with Crippen LogP contribution in [0.4, 0.5) is 5.69 Å². The van der Waals surface area contributed by atoms with Crippen LogP contribution < -0.4 is 16.8 Å². The molecule has 114 valence electrons. The van der Waals surface area contributed by atoms with Gasteiger partial charge in [0.1, 0.15) is 6.04 Å². The Morgan fingerprint density at radius 2 is 1.76 bits per heavy atom. The minimum atomic E-state index is -1.28. The highest BCUT2D eigenvalue weighted by Gasteiger charge is 2.22. The van der Waals surface area contributed by atoms with Crippen molar-refractivity contribution in [3.8, 4) is 0 Å². The number of nitrogen functional groups attached to an aromatic ring is 1. The van der Waals surface area contributed by atoms with Crippen LogP contribution in [0.15, 0.2) is 12.1 Å². The van der Waals surface area contributed by atoms with Crippen LogP contribution in [-0.2, 0) is 9.59 Å². The lowest BCUT2D eigenvalue weighted by Gasteiger charge is -2.14. The number of amides is 2. The van der Waals surface area contributed by atoms with E-state index in [1.165, 1.54) is 12.1 Å². The second-order valence-electron chi connectivity index (χ2n) is 4.22. The van der Waals surface area contributed by atoms with E-state index in [-0.39, 0.29) is 34.1 Å². The third kappa shape index (κ3) is 4.80. The van der Waals surface area contributed by atoms with Gasteiger partial charge < -0.3 is 21.9 Å². The summed E-state index contributed by atoms with van der Waals surface area (Å²) in [5.41, 5.74) is 10.7. The van der Waals surface area contributed by atoms with E-state index >= 15 is 0 Å². The number of carboxylic acids is 1. The number of benzene rings is 1. The van der Waals surface area contributed by atoms with Crippen molar-refractivity contribution in [1.29, 1.82) is 0 Å². The van der Waals surface area contributed by atoms with Gasteiger partial charge in [0.2, 0.25) is 5.91 Å². The Kier molecular flexibility index (Phi) is 5.80. The Morgan fingerprint density at radius 3 is 2.19 bits per heavy atom. The van der Waals surface area contributed by atoms with Crippen molar-refractivity contribution < 1.29 is 19.5 Å². The molecule has 0 spiro atoms. The van der Waals surface area contributed by atoms with Crippen molar-refractivity contribution in [2.75, 3.05) is 5.73 Å². The van der Waals surface area contributed by atoms with Crippen molar-refractivity contribution in [2.45, 2.75) is 18.9 Å². The van der Waals surface area contributed by atoms with Crippen LogP contribution in [0.3, 0.4) is 0 Å². The Balaban J connectivity index is 2.87. The molecule has 0 saturated heterocycles. The Hall–Kier alpha value is -1.99. The maximum Gasteiger partial charge on any atom is 0.326 e. The molecule has 0 aliphatic carbocycles. The number of carboxylic acid groups (broad SMARTS) is 1. The third-order valence-corrected chi connectivity index (χ3v) is 3.25. The number of hydrogen-bond donors (Lipinski definition) is 4. The van der Waals surface area contributed by atoms with Gasteiger partial charge in [0.25, 0.3) is 5.91 Å². The number of carbonyl (C=O) groups excluding carboxylic acids is 2. The van der Waals surface area contributed by atoms with Gasteiger partial charge in [0.05, 0.1) is 15.7 Å². The van der Waals surface area contributed by atoms with Crippen molar-refractivity contribution in [1.82, 2.24) is 5.32 Å². The zero-order chi connectivity index (χ0) is 16.2. The first-order valence-corrected chi connectivity index (χ1v) is 6.54. The standard InChI is InChI=1S/C12H13Cl2N3O4/c13-6-3-5(4-7(14)10(6)16)11(19)17-8(12(20)21)1-2-9(15)18/h3-4,8H,1-2,16H2,(H2,15,18)(H,17,19)(H,20,21)/t8-/m0/s1. The third-order valence-electron chi connectivity index (χ3n) is 2.62. The van der Waals surface area contributed by atoms with Gasteiger partial charge in [-0.15, -0.1) is 0 Å². The molecule has 1 atom stereocenters. The first-order valence-electron chi connectivity index (χ1n) is 5.79. The fraction of sp³-hybridized carbons (Fsp3) is 0.250. The molecule has 0 aliphatic heterocycles. The lowest BCUT2D eigenvalue weighted by atomic mass is 10.1. The number of halogens is 2. The molecule has 0 unspecified atom stereocenters. The monoisotopic (exact) mass is 333 g/mol. The number of nitrogens with two attached hydrogens (primary N) is 2. The summed E-state index contributed by atoms with van der Waals surface area (Å²) in [5.74, 6) is -2.64. The Morgan fingerprint density at radius 1 is 1.24 bits per heavy atom. The van der Waals surface area contributed by atoms with Gasteiger partial charge in [-0.1, -0.05) is 23.2 Å². The van der Waals surface area contributed by atoms with Gasteiger partial charge in [-0.25, -0.2) is 4.79 Å². The predicted octanol–water partition coefficient (Wildman–Crippen LogP) is 1.02. The second kappa shape index (κ2) is 7.14. The zero-order valence-electron chi connectivity index (χ0n) is 10.7. The number of hydrogen-bond acceptors (Lipinski definition) is 4. The molecule has 0 bridgehead atoms. The lowest BCUT2D eigenvalue weighted by molar-refractivity contribution is -0.139. The first kappa shape index (κ1) is 17.1. The number of aliphatic carboxylic acids is 1. The van der Waals surface area contributed by atoms with Gasteiger partial charge >= 0.3 is 5.97 Å². The average Bonchev–Trinajstić information content (AvgIpc) is 2.39. The van der Waals surface area contributed by atoms with Crippen LogP contribution in [0, 0.1) is 0 Å². The highest BCUT2D eigenvalue weighted by molar-refractivity contribution is 6.39. The van der Waals surface area contributed by atoms with Crippen LogP contribution in [-0.4, -0.2) is 28.9 Å². The van der Waals surface area contributed by atoms with Gasteiger partial charge in [0, 0.05) is 12.0 Å². The van der Waals surface area contributed by atoms with Gasteiger partial charge in [-0.2, -0.15) is 0 Å². The van der Waals surface area contributed by atoms with Crippen molar-refractivity contribution >= 4 is 46.7 Å². The number of primary amides is 1. The molecule has 21 heavy (non-hydrogen) atoms. The average molecular weight is 334 g/mol. The topological polar surface area (TPSA) is 136 Å². The number of rotatable bonds is 6. The van der Waals surface area contributed by atoms with Gasteiger partial charge in [-0.3, -0.25) is 9.59 Å². The van der Waals surface area contributed by atoms with E-state index in [0.29, 0.717) is 0 Å². The van der Waals surface area contributed by atoms with E-state index in [4.69, 9.17) is 39.8 Å². The number of nitrogens with one attached hydrogen (secondary N) is 1. The summed E-state index contributed by atoms with van der Waals surface area (Å²) in [7, 11) is 0. The molecule has 2 amide bonds. The van der Waals surface area contributed by atoms with E-state index in [1.54, 1.807) is 0 Å². The van der Waals surface area contributed by atoms with E-state index in [1.807, 2.05) is 0 Å². The fourth-order valence-electron chi connectivity index (χ4n) is 1.50. The molecule has 7 nitrogen and oxygen atoms in total. The summed E-state index contributed by atoms with van der Waals surface area (Å²) >= 11 is 11.6. The molecule has 1 aromatic rings. The quantitative estimate of drug-likeness (QED) is 0.576. The Bertz CT molecular complexity index is 569. The summed E-state index contributed by atoms with van der Waals surface area (Å²) in [5, 5.41) is 11.4. The zero-order valence-corrected chi connectivity index (χ0v) is 12.2. The molecule has 0 aliphatic rings. The van der Waals surface area contributed by atoms with Crippen LogP contribution in [0.1, 0.15) is 23.2 Å². The van der Waals surface area contributed by atoms with Crippen molar-refractivity contribution in [3.05, 3.63) is 27.7 Å². The summed E-state index contributed by atoms with van der Waals surface area (Å²) in [6.45, 7) is 0. The molecular weight excluding hydrogens is 321 g/mol. The molecule has 0 fully saturated rings. The number of anilines is 1. The lowest BCUT2D eigenvalue weighted by Crippen LogP contribution is -2.41. The normalized spacial score (nSPS) is 11.7. The molecule has 0 saturated carbocycles. The van der Waals surface area contributed by atoms with Crippen molar-refractivity contribution in [3.63, 3.8) is 0 Å². The smallest absolute Gasteiger partial charge is 0.326 e. The molecule has 6 N–H and O–H groups in total. The van der Waals surface area contributed by atoms with Crippen LogP contribution >= 0.6 is 23.2 Å². The maximum atomic E-state index is 12.0. The molecular formula is C12H13Cl2N3O4. The number of carbonyl (C=O) groups is 3. The highest BCUT2D eigenvalue weighted by Crippen LogP contribution is 2.28. The molecule has 0 aromatic heterocycles. The summed E-state index contributed by atoms with van der Waals surface area (Å²) in [4.78, 5) is 33.7. The van der Waals surface area contributed by atoms with Gasteiger partial charge in [-0.05, 0) is 18.6 Å². The van der Waals surface area contributed by atoms with E-state index in [2.05, 4.69) is 5.32 Å².